The number of hydrogen-bond acceptors (Lipinski definition) is 4. The van der Waals surface area contributed by atoms with Crippen LogP contribution in [0.2, 0.25) is 0 Å². The zero-order valence-corrected chi connectivity index (χ0v) is 14.8. The number of nitrogens with zero attached hydrogens (tertiary/aromatic N) is 2. The fraction of sp³-hybridized carbons (Fsp3) is 0.778. The Kier molecular flexibility index (Phi) is 4.41. The Balaban J connectivity index is 1.30. The van der Waals surface area contributed by atoms with Gasteiger partial charge in [-0.05, 0) is 38.0 Å². The summed E-state index contributed by atoms with van der Waals surface area (Å²) in [6, 6.07) is 0.523. The second-order valence-corrected chi connectivity index (χ2v) is 8.34. The lowest BCUT2D eigenvalue weighted by Gasteiger charge is -2.39. The molecule has 1 aromatic rings. The number of rotatable bonds is 6. The number of aromatic nitrogens is 1. The third-order valence-corrected chi connectivity index (χ3v) is 6.59. The fourth-order valence-electron chi connectivity index (χ4n) is 3.66. The Morgan fingerprint density at radius 3 is 2.87 bits per heavy atom. The molecule has 0 bridgehead atoms. The van der Waals surface area contributed by atoms with E-state index in [2.05, 4.69) is 22.5 Å². The predicted molar refractivity (Wildman–Crippen MR) is 92.4 cm³/mol. The van der Waals surface area contributed by atoms with Crippen LogP contribution in [0.25, 0.3) is 0 Å². The van der Waals surface area contributed by atoms with Gasteiger partial charge in [0.05, 0.1) is 10.7 Å². The van der Waals surface area contributed by atoms with Gasteiger partial charge in [0.1, 0.15) is 0 Å². The molecule has 1 N–H and O–H groups in total. The van der Waals surface area contributed by atoms with Gasteiger partial charge in [0.2, 0.25) is 5.91 Å². The molecule has 4 nitrogen and oxygen atoms in total. The van der Waals surface area contributed by atoms with Gasteiger partial charge < -0.3 is 10.2 Å². The lowest BCUT2D eigenvalue weighted by molar-refractivity contribution is -0.134. The van der Waals surface area contributed by atoms with Crippen LogP contribution in [-0.2, 0) is 11.3 Å². The van der Waals surface area contributed by atoms with Gasteiger partial charge in [-0.2, -0.15) is 0 Å². The van der Waals surface area contributed by atoms with E-state index in [1.165, 1.54) is 23.5 Å². The van der Waals surface area contributed by atoms with Gasteiger partial charge in [-0.1, -0.05) is 13.3 Å². The second-order valence-electron chi connectivity index (χ2n) is 7.45. The van der Waals surface area contributed by atoms with Crippen molar-refractivity contribution in [3.05, 3.63) is 16.1 Å². The minimum absolute atomic E-state index is 0.355. The van der Waals surface area contributed by atoms with Crippen LogP contribution in [0.5, 0.6) is 0 Å². The second kappa shape index (κ2) is 6.52. The van der Waals surface area contributed by atoms with Crippen molar-refractivity contribution in [3.8, 4) is 0 Å². The molecule has 126 valence electrons. The summed E-state index contributed by atoms with van der Waals surface area (Å²) in [6.07, 6.45) is 7.09. The molecule has 4 rings (SSSR count). The standard InChI is InChI=1S/C18H27N3OS/c1-2-12-10-21(18(22)14-5-6-14)8-7-16(12)19-9-15-11-23-17(20-15)13-3-4-13/h11-14,16,19H,2-10H2,1H3/t12-,16+/m0/s1. The van der Waals surface area contributed by atoms with Crippen molar-refractivity contribution in [2.45, 2.75) is 64.0 Å². The molecule has 0 unspecified atom stereocenters. The highest BCUT2D eigenvalue weighted by atomic mass is 32.1. The zero-order valence-electron chi connectivity index (χ0n) is 14.0. The van der Waals surface area contributed by atoms with Gasteiger partial charge in [-0.15, -0.1) is 11.3 Å². The summed E-state index contributed by atoms with van der Waals surface area (Å²) in [6.45, 7) is 4.99. The summed E-state index contributed by atoms with van der Waals surface area (Å²) in [5.41, 5.74) is 1.20. The van der Waals surface area contributed by atoms with Crippen molar-refractivity contribution >= 4 is 17.2 Å². The molecule has 2 aliphatic carbocycles. The lowest BCUT2D eigenvalue weighted by atomic mass is 9.89. The summed E-state index contributed by atoms with van der Waals surface area (Å²) in [5.74, 6) is 2.10. The number of hydrogen-bond donors (Lipinski definition) is 1. The Bertz CT molecular complexity index is 564. The van der Waals surface area contributed by atoms with Crippen LogP contribution in [0, 0.1) is 11.8 Å². The fourth-order valence-corrected chi connectivity index (χ4v) is 4.65. The highest BCUT2D eigenvalue weighted by Gasteiger charge is 2.37. The maximum absolute atomic E-state index is 12.3. The molecule has 2 saturated carbocycles. The molecule has 3 aliphatic rings. The summed E-state index contributed by atoms with van der Waals surface area (Å²) in [5, 5.41) is 7.27. The first-order chi connectivity index (χ1) is 11.2. The van der Waals surface area contributed by atoms with Gasteiger partial charge in [0, 0.05) is 42.9 Å². The van der Waals surface area contributed by atoms with Crippen molar-refractivity contribution in [1.82, 2.24) is 15.2 Å². The molecule has 1 saturated heterocycles. The molecule has 2 atom stereocenters. The largest absolute Gasteiger partial charge is 0.342 e. The summed E-state index contributed by atoms with van der Waals surface area (Å²) in [7, 11) is 0. The number of nitrogens with one attached hydrogen (secondary N) is 1. The first-order valence-electron chi connectivity index (χ1n) is 9.21. The molecule has 1 aromatic heterocycles. The Morgan fingerprint density at radius 2 is 2.17 bits per heavy atom. The van der Waals surface area contributed by atoms with Crippen LogP contribution in [-0.4, -0.2) is 34.9 Å². The van der Waals surface area contributed by atoms with Crippen LogP contribution < -0.4 is 5.32 Å². The summed E-state index contributed by atoms with van der Waals surface area (Å²) >= 11 is 1.82. The molecule has 2 heterocycles. The Labute approximate surface area is 142 Å². The van der Waals surface area contributed by atoms with Crippen LogP contribution in [0.3, 0.4) is 0 Å². The van der Waals surface area contributed by atoms with Crippen molar-refractivity contribution in [2.24, 2.45) is 11.8 Å². The number of likely N-dealkylation sites (tertiary alicyclic amines) is 1. The lowest BCUT2D eigenvalue weighted by Crippen LogP contribution is -2.51. The van der Waals surface area contributed by atoms with Crippen LogP contribution in [0.15, 0.2) is 5.38 Å². The topological polar surface area (TPSA) is 45.2 Å². The van der Waals surface area contributed by atoms with Crippen molar-refractivity contribution in [1.29, 1.82) is 0 Å². The molecule has 1 amide bonds. The molecule has 1 aliphatic heterocycles. The normalized spacial score (nSPS) is 28.1. The number of carbonyl (C=O) groups excluding carboxylic acids is 1. The first-order valence-corrected chi connectivity index (χ1v) is 10.1. The van der Waals surface area contributed by atoms with E-state index in [1.54, 1.807) is 0 Å². The molecule has 0 radical (unpaired) electrons. The molecule has 23 heavy (non-hydrogen) atoms. The van der Waals surface area contributed by atoms with E-state index in [9.17, 15) is 4.79 Å². The van der Waals surface area contributed by atoms with E-state index in [1.807, 2.05) is 11.3 Å². The van der Waals surface area contributed by atoms with E-state index in [0.717, 1.165) is 51.2 Å². The van der Waals surface area contributed by atoms with Gasteiger partial charge in [-0.3, -0.25) is 4.79 Å². The number of piperidine rings is 1. The Morgan fingerprint density at radius 1 is 1.35 bits per heavy atom. The summed E-state index contributed by atoms with van der Waals surface area (Å²) < 4.78 is 0. The number of thiazole rings is 1. The highest BCUT2D eigenvalue weighted by molar-refractivity contribution is 7.09. The minimum Gasteiger partial charge on any atom is -0.342 e. The van der Waals surface area contributed by atoms with Gasteiger partial charge in [0.15, 0.2) is 0 Å². The maximum atomic E-state index is 12.3. The average molecular weight is 334 g/mol. The average Bonchev–Trinajstić information content (AvgIpc) is 3.50. The van der Waals surface area contributed by atoms with E-state index in [4.69, 9.17) is 4.98 Å². The van der Waals surface area contributed by atoms with Crippen LogP contribution in [0.1, 0.15) is 62.1 Å². The van der Waals surface area contributed by atoms with E-state index in [-0.39, 0.29) is 0 Å². The first kappa shape index (κ1) is 15.6. The monoisotopic (exact) mass is 333 g/mol. The van der Waals surface area contributed by atoms with E-state index < -0.39 is 0 Å². The molecular formula is C18H27N3OS. The molecule has 0 aromatic carbocycles. The smallest absolute Gasteiger partial charge is 0.225 e. The number of amides is 1. The number of carbonyl (C=O) groups is 1. The highest BCUT2D eigenvalue weighted by Crippen LogP contribution is 2.41. The third kappa shape index (κ3) is 3.61. The minimum atomic E-state index is 0.355. The molecule has 0 spiro atoms. The SMILES string of the molecule is CC[C@H]1CN(C(=O)C2CC2)CC[C@H]1NCc1csc(C2CC2)n1. The Hall–Kier alpha value is -0.940. The summed E-state index contributed by atoms with van der Waals surface area (Å²) in [4.78, 5) is 19.2. The van der Waals surface area contributed by atoms with Crippen LogP contribution >= 0.6 is 11.3 Å². The van der Waals surface area contributed by atoms with Crippen molar-refractivity contribution in [2.75, 3.05) is 13.1 Å². The molecule has 5 heteroatoms. The predicted octanol–water partition coefficient (Wildman–Crippen LogP) is 3.15. The van der Waals surface area contributed by atoms with Gasteiger partial charge >= 0.3 is 0 Å². The van der Waals surface area contributed by atoms with Crippen LogP contribution in [0.4, 0.5) is 0 Å². The molecular weight excluding hydrogens is 306 g/mol. The van der Waals surface area contributed by atoms with Crippen molar-refractivity contribution in [3.63, 3.8) is 0 Å². The van der Waals surface area contributed by atoms with Gasteiger partial charge in [-0.25, -0.2) is 4.98 Å². The maximum Gasteiger partial charge on any atom is 0.225 e. The van der Waals surface area contributed by atoms with Gasteiger partial charge in [0.25, 0.3) is 0 Å². The van der Waals surface area contributed by atoms with E-state index >= 15 is 0 Å². The zero-order chi connectivity index (χ0) is 15.8. The van der Waals surface area contributed by atoms with Crippen molar-refractivity contribution < 1.29 is 4.79 Å². The quantitative estimate of drug-likeness (QED) is 0.870. The van der Waals surface area contributed by atoms with E-state index in [0.29, 0.717) is 23.8 Å². The molecule has 3 fully saturated rings. The third-order valence-electron chi connectivity index (χ3n) is 5.54.